The molecule has 0 N–H and O–H groups in total. The number of benzene rings is 1. The molecule has 0 saturated carbocycles. The minimum absolute atomic E-state index is 0.576. The molecule has 3 rings (SSSR count). The first kappa shape index (κ1) is 13.7. The molecule has 0 unspecified atom stereocenters. The Hall–Kier alpha value is -1.24. The molecule has 2 aromatic rings. The van der Waals surface area contributed by atoms with E-state index in [-0.39, 0.29) is 0 Å². The Labute approximate surface area is 126 Å². The summed E-state index contributed by atoms with van der Waals surface area (Å²) in [6.45, 7) is 6.08. The highest BCUT2D eigenvalue weighted by molar-refractivity contribution is 9.10. The molecule has 2 heterocycles. The van der Waals surface area contributed by atoms with Crippen LogP contribution in [0, 0.1) is 6.92 Å². The van der Waals surface area contributed by atoms with Gasteiger partial charge >= 0.3 is 0 Å². The Morgan fingerprint density at radius 2 is 2.05 bits per heavy atom. The van der Waals surface area contributed by atoms with E-state index >= 15 is 0 Å². The van der Waals surface area contributed by atoms with Gasteiger partial charge in [0.05, 0.1) is 19.8 Å². The van der Waals surface area contributed by atoms with Crippen LogP contribution in [0.25, 0.3) is 11.5 Å². The highest BCUT2D eigenvalue weighted by Gasteiger charge is 2.16. The van der Waals surface area contributed by atoms with Crippen molar-refractivity contribution in [3.05, 3.63) is 34.1 Å². The molecule has 0 amide bonds. The van der Waals surface area contributed by atoms with Gasteiger partial charge in [-0.25, -0.2) is 0 Å². The van der Waals surface area contributed by atoms with Crippen LogP contribution in [0.5, 0.6) is 0 Å². The van der Waals surface area contributed by atoms with Crippen molar-refractivity contribution in [2.24, 2.45) is 0 Å². The fraction of sp³-hybridized carbons (Fsp3) is 0.429. The molecule has 0 radical (unpaired) electrons. The number of ether oxygens (including phenoxy) is 1. The molecule has 1 aromatic heterocycles. The minimum atomic E-state index is 0.576. The molecule has 1 saturated heterocycles. The third-order valence-electron chi connectivity index (χ3n) is 3.43. The molecular weight excluding hydrogens is 322 g/mol. The lowest BCUT2D eigenvalue weighted by molar-refractivity contribution is 0.0306. The molecule has 5 nitrogen and oxygen atoms in total. The molecule has 0 atom stereocenters. The van der Waals surface area contributed by atoms with Gasteiger partial charge in [0.15, 0.2) is 0 Å². The van der Waals surface area contributed by atoms with Crippen LogP contribution in [-0.2, 0) is 11.3 Å². The normalized spacial score (nSPS) is 16.5. The number of halogens is 1. The van der Waals surface area contributed by atoms with Crippen molar-refractivity contribution < 1.29 is 9.15 Å². The molecule has 20 heavy (non-hydrogen) atoms. The van der Waals surface area contributed by atoms with Crippen molar-refractivity contribution in [3.63, 3.8) is 0 Å². The second kappa shape index (κ2) is 6.03. The highest BCUT2D eigenvalue weighted by Crippen LogP contribution is 2.27. The minimum Gasteiger partial charge on any atom is -0.419 e. The van der Waals surface area contributed by atoms with Gasteiger partial charge in [0, 0.05) is 23.1 Å². The summed E-state index contributed by atoms with van der Waals surface area (Å²) in [4.78, 5) is 2.26. The predicted octanol–water partition coefficient (Wildman–Crippen LogP) is 2.64. The number of nitrogens with zero attached hydrogens (tertiary/aromatic N) is 3. The molecule has 6 heteroatoms. The molecule has 1 fully saturated rings. The van der Waals surface area contributed by atoms with Crippen molar-refractivity contribution >= 4 is 15.9 Å². The lowest BCUT2D eigenvalue weighted by Gasteiger charge is -2.24. The first-order valence-electron chi connectivity index (χ1n) is 6.62. The summed E-state index contributed by atoms with van der Waals surface area (Å²) in [5.74, 6) is 1.23. The Kier molecular flexibility index (Phi) is 4.14. The summed E-state index contributed by atoms with van der Waals surface area (Å²) in [5, 5.41) is 8.30. The van der Waals surface area contributed by atoms with Gasteiger partial charge in [0.2, 0.25) is 11.8 Å². The van der Waals surface area contributed by atoms with Gasteiger partial charge in [-0.15, -0.1) is 10.2 Å². The maximum absolute atomic E-state index is 5.78. The maximum Gasteiger partial charge on any atom is 0.248 e. The van der Waals surface area contributed by atoms with E-state index in [1.807, 2.05) is 25.1 Å². The van der Waals surface area contributed by atoms with Gasteiger partial charge < -0.3 is 9.15 Å². The van der Waals surface area contributed by atoms with Crippen LogP contribution in [0.4, 0.5) is 0 Å². The maximum atomic E-state index is 5.78. The third-order valence-corrected chi connectivity index (χ3v) is 4.29. The van der Waals surface area contributed by atoms with E-state index < -0.39 is 0 Å². The van der Waals surface area contributed by atoms with Crippen molar-refractivity contribution in [1.29, 1.82) is 0 Å². The second-order valence-corrected chi connectivity index (χ2v) is 5.66. The smallest absolute Gasteiger partial charge is 0.248 e. The molecule has 0 aliphatic carbocycles. The largest absolute Gasteiger partial charge is 0.419 e. The van der Waals surface area contributed by atoms with Crippen LogP contribution in [0.2, 0.25) is 0 Å². The lowest BCUT2D eigenvalue weighted by atomic mass is 10.1. The number of hydrogen-bond acceptors (Lipinski definition) is 5. The SMILES string of the molecule is Cc1c(Br)cccc1-c1nnc(CN2CCOCC2)o1. The summed E-state index contributed by atoms with van der Waals surface area (Å²) >= 11 is 3.52. The van der Waals surface area contributed by atoms with Gasteiger partial charge in [-0.2, -0.15) is 0 Å². The van der Waals surface area contributed by atoms with E-state index in [2.05, 4.69) is 31.0 Å². The second-order valence-electron chi connectivity index (χ2n) is 4.80. The van der Waals surface area contributed by atoms with E-state index in [9.17, 15) is 0 Å². The van der Waals surface area contributed by atoms with Crippen LogP contribution >= 0.6 is 15.9 Å². The summed E-state index contributed by atoms with van der Waals surface area (Å²) in [6.07, 6.45) is 0. The van der Waals surface area contributed by atoms with Gasteiger partial charge in [-0.1, -0.05) is 22.0 Å². The molecule has 1 aliphatic heterocycles. The molecule has 0 bridgehead atoms. The van der Waals surface area contributed by atoms with Gasteiger partial charge in [0.25, 0.3) is 0 Å². The van der Waals surface area contributed by atoms with Crippen LogP contribution in [0.1, 0.15) is 11.5 Å². The Balaban J connectivity index is 1.77. The average molecular weight is 338 g/mol. The van der Waals surface area contributed by atoms with Crippen LogP contribution in [0.3, 0.4) is 0 Å². The fourth-order valence-electron chi connectivity index (χ4n) is 2.22. The topological polar surface area (TPSA) is 51.4 Å². The molecule has 0 spiro atoms. The first-order valence-corrected chi connectivity index (χ1v) is 7.41. The van der Waals surface area contributed by atoms with E-state index in [1.165, 1.54) is 0 Å². The van der Waals surface area contributed by atoms with E-state index in [0.29, 0.717) is 18.3 Å². The molecule has 106 valence electrons. The van der Waals surface area contributed by atoms with Crippen molar-refractivity contribution in [2.75, 3.05) is 26.3 Å². The van der Waals surface area contributed by atoms with E-state index in [1.54, 1.807) is 0 Å². The van der Waals surface area contributed by atoms with Crippen LogP contribution in [-0.4, -0.2) is 41.4 Å². The number of morpholine rings is 1. The summed E-state index contributed by atoms with van der Waals surface area (Å²) in [6, 6.07) is 5.97. The Bertz CT molecular complexity index is 594. The highest BCUT2D eigenvalue weighted by atomic mass is 79.9. The Morgan fingerprint density at radius 3 is 2.85 bits per heavy atom. The average Bonchev–Trinajstić information content (AvgIpc) is 2.91. The zero-order valence-electron chi connectivity index (χ0n) is 11.3. The van der Waals surface area contributed by atoms with Crippen molar-refractivity contribution in [3.8, 4) is 11.5 Å². The van der Waals surface area contributed by atoms with Crippen molar-refractivity contribution in [1.82, 2.24) is 15.1 Å². The zero-order valence-corrected chi connectivity index (χ0v) is 12.9. The summed E-state index contributed by atoms with van der Waals surface area (Å²) in [7, 11) is 0. The monoisotopic (exact) mass is 337 g/mol. The quantitative estimate of drug-likeness (QED) is 0.861. The number of hydrogen-bond donors (Lipinski definition) is 0. The summed E-state index contributed by atoms with van der Waals surface area (Å²) in [5.41, 5.74) is 2.08. The number of rotatable bonds is 3. The standard InChI is InChI=1S/C14H16BrN3O2/c1-10-11(3-2-4-12(10)15)14-17-16-13(20-14)9-18-5-7-19-8-6-18/h2-4H,5-9H2,1H3. The summed E-state index contributed by atoms with van der Waals surface area (Å²) < 4.78 is 12.2. The third kappa shape index (κ3) is 2.92. The zero-order chi connectivity index (χ0) is 13.9. The van der Waals surface area contributed by atoms with Crippen molar-refractivity contribution in [2.45, 2.75) is 13.5 Å². The van der Waals surface area contributed by atoms with Crippen LogP contribution < -0.4 is 0 Å². The Morgan fingerprint density at radius 1 is 1.25 bits per heavy atom. The van der Waals surface area contributed by atoms with Gasteiger partial charge in [-0.3, -0.25) is 4.90 Å². The van der Waals surface area contributed by atoms with E-state index in [0.717, 1.165) is 41.9 Å². The molecular formula is C14H16BrN3O2. The van der Waals surface area contributed by atoms with Crippen LogP contribution in [0.15, 0.2) is 27.1 Å². The van der Waals surface area contributed by atoms with E-state index in [4.69, 9.17) is 9.15 Å². The molecule has 1 aromatic carbocycles. The predicted molar refractivity (Wildman–Crippen MR) is 78.3 cm³/mol. The van der Waals surface area contributed by atoms with Gasteiger partial charge in [-0.05, 0) is 24.6 Å². The lowest BCUT2D eigenvalue weighted by Crippen LogP contribution is -2.35. The molecule has 1 aliphatic rings. The van der Waals surface area contributed by atoms with Gasteiger partial charge in [0.1, 0.15) is 0 Å². The number of aromatic nitrogens is 2. The fourth-order valence-corrected chi connectivity index (χ4v) is 2.58. The first-order chi connectivity index (χ1) is 9.74.